The van der Waals surface area contributed by atoms with Crippen LogP contribution in [0.15, 0.2) is 47.1 Å². The van der Waals surface area contributed by atoms with Crippen LogP contribution in [-0.2, 0) is 11.8 Å². The summed E-state index contributed by atoms with van der Waals surface area (Å²) in [6, 6.07) is 12.7. The predicted molar refractivity (Wildman–Crippen MR) is 90.8 cm³/mol. The molecule has 1 heterocycles. The SMILES string of the molecule is CC(C)(C)c1ccc(C(Cc2ccc(Br)cn2)NN)cc1. The molecule has 0 radical (unpaired) electrons. The van der Waals surface area contributed by atoms with Crippen LogP contribution in [0.5, 0.6) is 0 Å². The highest BCUT2D eigenvalue weighted by Gasteiger charge is 2.15. The van der Waals surface area contributed by atoms with Gasteiger partial charge in [0.05, 0.1) is 6.04 Å². The Bertz CT molecular complexity index is 570. The minimum Gasteiger partial charge on any atom is -0.271 e. The largest absolute Gasteiger partial charge is 0.271 e. The average molecular weight is 348 g/mol. The molecule has 1 aromatic carbocycles. The quantitative estimate of drug-likeness (QED) is 0.651. The number of nitrogens with zero attached hydrogens (tertiary/aromatic N) is 1. The van der Waals surface area contributed by atoms with Crippen LogP contribution < -0.4 is 11.3 Å². The molecule has 21 heavy (non-hydrogen) atoms. The van der Waals surface area contributed by atoms with Crippen molar-refractivity contribution in [2.24, 2.45) is 5.84 Å². The normalized spacial score (nSPS) is 13.2. The van der Waals surface area contributed by atoms with Gasteiger partial charge in [0.15, 0.2) is 0 Å². The Balaban J connectivity index is 2.15. The van der Waals surface area contributed by atoms with Crippen molar-refractivity contribution in [2.45, 2.75) is 38.6 Å². The van der Waals surface area contributed by atoms with Gasteiger partial charge >= 0.3 is 0 Å². The Kier molecular flexibility index (Phi) is 5.14. The second kappa shape index (κ2) is 6.69. The summed E-state index contributed by atoms with van der Waals surface area (Å²) in [5.41, 5.74) is 6.57. The zero-order chi connectivity index (χ0) is 15.5. The van der Waals surface area contributed by atoms with Crippen LogP contribution in [0, 0.1) is 0 Å². The molecule has 0 saturated heterocycles. The van der Waals surface area contributed by atoms with Crippen molar-refractivity contribution in [3.63, 3.8) is 0 Å². The van der Waals surface area contributed by atoms with E-state index in [9.17, 15) is 0 Å². The van der Waals surface area contributed by atoms with Crippen LogP contribution in [-0.4, -0.2) is 4.98 Å². The summed E-state index contributed by atoms with van der Waals surface area (Å²) in [7, 11) is 0. The summed E-state index contributed by atoms with van der Waals surface area (Å²) in [6.07, 6.45) is 2.57. The zero-order valence-corrected chi connectivity index (χ0v) is 14.3. The molecule has 1 unspecified atom stereocenters. The number of nitrogens with two attached hydrogens (primary N) is 1. The lowest BCUT2D eigenvalue weighted by Gasteiger charge is -2.21. The Morgan fingerprint density at radius 2 is 1.81 bits per heavy atom. The van der Waals surface area contributed by atoms with E-state index < -0.39 is 0 Å². The first-order chi connectivity index (χ1) is 9.90. The molecule has 1 aromatic heterocycles. The molecule has 0 aliphatic heterocycles. The lowest BCUT2D eigenvalue weighted by molar-refractivity contribution is 0.543. The second-order valence-corrected chi connectivity index (χ2v) is 7.18. The summed E-state index contributed by atoms with van der Waals surface area (Å²) in [5.74, 6) is 5.72. The van der Waals surface area contributed by atoms with Crippen molar-refractivity contribution in [3.8, 4) is 0 Å². The maximum atomic E-state index is 5.72. The fourth-order valence-corrected chi connectivity index (χ4v) is 2.46. The average Bonchev–Trinajstić information content (AvgIpc) is 2.46. The van der Waals surface area contributed by atoms with E-state index in [4.69, 9.17) is 5.84 Å². The first-order valence-electron chi connectivity index (χ1n) is 7.07. The molecule has 0 bridgehead atoms. The number of aromatic nitrogens is 1. The van der Waals surface area contributed by atoms with Gasteiger partial charge in [-0.2, -0.15) is 0 Å². The fraction of sp³-hybridized carbons (Fsp3) is 0.353. The number of benzene rings is 1. The van der Waals surface area contributed by atoms with Crippen molar-refractivity contribution in [1.82, 2.24) is 10.4 Å². The molecule has 112 valence electrons. The first kappa shape index (κ1) is 16.1. The number of rotatable bonds is 4. The minimum absolute atomic E-state index is 0.0627. The molecule has 0 amide bonds. The summed E-state index contributed by atoms with van der Waals surface area (Å²) in [4.78, 5) is 4.41. The van der Waals surface area contributed by atoms with Crippen LogP contribution in [0.4, 0.5) is 0 Å². The van der Waals surface area contributed by atoms with Crippen molar-refractivity contribution >= 4 is 15.9 Å². The summed E-state index contributed by atoms with van der Waals surface area (Å²) in [5, 5.41) is 0. The van der Waals surface area contributed by atoms with Crippen molar-refractivity contribution in [3.05, 3.63) is 63.9 Å². The third-order valence-corrected chi connectivity index (χ3v) is 4.05. The van der Waals surface area contributed by atoms with Gasteiger partial charge in [-0.05, 0) is 44.6 Å². The van der Waals surface area contributed by atoms with Crippen LogP contribution in [0.1, 0.15) is 43.6 Å². The summed E-state index contributed by atoms with van der Waals surface area (Å²) in [6.45, 7) is 6.64. The molecular formula is C17H22BrN3. The third-order valence-electron chi connectivity index (χ3n) is 3.58. The Morgan fingerprint density at radius 3 is 2.29 bits per heavy atom. The van der Waals surface area contributed by atoms with E-state index in [-0.39, 0.29) is 11.5 Å². The monoisotopic (exact) mass is 347 g/mol. The third kappa shape index (κ3) is 4.37. The van der Waals surface area contributed by atoms with E-state index in [1.807, 2.05) is 18.3 Å². The molecule has 0 spiro atoms. The highest BCUT2D eigenvalue weighted by molar-refractivity contribution is 9.10. The van der Waals surface area contributed by atoms with Gasteiger partial charge in [0, 0.05) is 22.8 Å². The number of halogens is 1. The van der Waals surface area contributed by atoms with E-state index in [2.05, 4.69) is 71.4 Å². The van der Waals surface area contributed by atoms with E-state index in [1.54, 1.807) is 0 Å². The van der Waals surface area contributed by atoms with Gasteiger partial charge < -0.3 is 0 Å². The maximum Gasteiger partial charge on any atom is 0.0515 e. The highest BCUT2D eigenvalue weighted by Crippen LogP contribution is 2.25. The van der Waals surface area contributed by atoms with E-state index in [1.165, 1.54) is 11.1 Å². The molecule has 2 aromatic rings. The number of hydrogen-bond acceptors (Lipinski definition) is 3. The second-order valence-electron chi connectivity index (χ2n) is 6.26. The van der Waals surface area contributed by atoms with Crippen molar-refractivity contribution < 1.29 is 0 Å². The van der Waals surface area contributed by atoms with Gasteiger partial charge in [-0.25, -0.2) is 0 Å². The van der Waals surface area contributed by atoms with Gasteiger partial charge in [-0.1, -0.05) is 45.0 Å². The molecule has 0 aliphatic rings. The lowest BCUT2D eigenvalue weighted by Crippen LogP contribution is -2.29. The van der Waals surface area contributed by atoms with Gasteiger partial charge in [0.1, 0.15) is 0 Å². The fourth-order valence-electron chi connectivity index (χ4n) is 2.22. The lowest BCUT2D eigenvalue weighted by atomic mass is 9.86. The van der Waals surface area contributed by atoms with Gasteiger partial charge in [-0.3, -0.25) is 16.3 Å². The molecular weight excluding hydrogens is 326 g/mol. The van der Waals surface area contributed by atoms with Crippen LogP contribution in [0.2, 0.25) is 0 Å². The highest BCUT2D eigenvalue weighted by atomic mass is 79.9. The topological polar surface area (TPSA) is 50.9 Å². The van der Waals surface area contributed by atoms with E-state index in [0.29, 0.717) is 0 Å². The maximum absolute atomic E-state index is 5.72. The molecule has 3 N–H and O–H groups in total. The smallest absolute Gasteiger partial charge is 0.0515 e. The van der Waals surface area contributed by atoms with Gasteiger partial charge in [0.2, 0.25) is 0 Å². The molecule has 1 atom stereocenters. The first-order valence-corrected chi connectivity index (χ1v) is 7.86. The Morgan fingerprint density at radius 1 is 1.14 bits per heavy atom. The van der Waals surface area contributed by atoms with Crippen molar-refractivity contribution in [2.75, 3.05) is 0 Å². The molecule has 0 saturated carbocycles. The van der Waals surface area contributed by atoms with Crippen LogP contribution in [0.25, 0.3) is 0 Å². The van der Waals surface area contributed by atoms with Gasteiger partial charge in [0.25, 0.3) is 0 Å². The standard InChI is InChI=1S/C17H22BrN3/c1-17(2,3)13-6-4-12(5-7-13)16(21-19)10-15-9-8-14(18)11-20-15/h4-9,11,16,21H,10,19H2,1-3H3. The predicted octanol–water partition coefficient (Wildman–Crippen LogP) is 3.89. The Labute approximate surface area is 135 Å². The summed E-state index contributed by atoms with van der Waals surface area (Å²) < 4.78 is 0.984. The zero-order valence-electron chi connectivity index (χ0n) is 12.7. The molecule has 2 rings (SSSR count). The minimum atomic E-state index is 0.0627. The van der Waals surface area contributed by atoms with Crippen LogP contribution >= 0.6 is 15.9 Å². The number of pyridine rings is 1. The number of hydrogen-bond donors (Lipinski definition) is 2. The molecule has 0 aliphatic carbocycles. The van der Waals surface area contributed by atoms with Gasteiger partial charge in [-0.15, -0.1) is 0 Å². The van der Waals surface area contributed by atoms with Crippen LogP contribution in [0.3, 0.4) is 0 Å². The number of hydrazine groups is 1. The molecule has 3 nitrogen and oxygen atoms in total. The Hall–Kier alpha value is -1.23. The molecule has 4 heteroatoms. The van der Waals surface area contributed by atoms with E-state index in [0.717, 1.165) is 16.6 Å². The van der Waals surface area contributed by atoms with Crippen molar-refractivity contribution in [1.29, 1.82) is 0 Å². The number of nitrogens with one attached hydrogen (secondary N) is 1. The molecule has 0 fully saturated rings. The summed E-state index contributed by atoms with van der Waals surface area (Å²) >= 11 is 3.40. The van der Waals surface area contributed by atoms with E-state index >= 15 is 0 Å².